The van der Waals surface area contributed by atoms with E-state index in [1.165, 1.54) is 11.5 Å². The Labute approximate surface area is 122 Å². The van der Waals surface area contributed by atoms with Gasteiger partial charge in [0.2, 0.25) is 0 Å². The summed E-state index contributed by atoms with van der Waals surface area (Å²) < 4.78 is 4.17. The van der Waals surface area contributed by atoms with Gasteiger partial charge in [-0.15, -0.1) is 0 Å². The Balaban J connectivity index is 1.64. The van der Waals surface area contributed by atoms with Crippen molar-refractivity contribution in [2.24, 2.45) is 0 Å². The van der Waals surface area contributed by atoms with Crippen molar-refractivity contribution in [3.63, 3.8) is 0 Å². The number of piperazine rings is 1. The molecule has 1 aliphatic heterocycles. The summed E-state index contributed by atoms with van der Waals surface area (Å²) >= 11 is 1.34. The first kappa shape index (κ1) is 13.1. The number of pyridine rings is 1. The lowest BCUT2D eigenvalue weighted by Crippen LogP contribution is -2.49. The molecule has 1 fully saturated rings. The van der Waals surface area contributed by atoms with Gasteiger partial charge < -0.3 is 9.80 Å². The summed E-state index contributed by atoms with van der Waals surface area (Å²) in [6.07, 6.45) is 1.80. The molecule has 0 atom stereocenters. The van der Waals surface area contributed by atoms with Crippen LogP contribution in [0.5, 0.6) is 0 Å². The summed E-state index contributed by atoms with van der Waals surface area (Å²) in [7, 11) is 0. The number of carbonyl (C=O) groups is 1. The van der Waals surface area contributed by atoms with Gasteiger partial charge in [-0.3, -0.25) is 4.79 Å². The average Bonchev–Trinajstić information content (AvgIpc) is 2.94. The van der Waals surface area contributed by atoms with E-state index in [0.717, 1.165) is 43.3 Å². The Kier molecular flexibility index (Phi) is 3.64. The van der Waals surface area contributed by atoms with Gasteiger partial charge in [0, 0.05) is 37.8 Å². The molecular formula is C14H16N4OS. The molecule has 0 N–H and O–H groups in total. The normalized spacial score (nSPS) is 15.4. The number of hydrogen-bond donors (Lipinski definition) is 0. The molecule has 1 aliphatic rings. The van der Waals surface area contributed by atoms with Crippen molar-refractivity contribution in [1.82, 2.24) is 14.3 Å². The van der Waals surface area contributed by atoms with Gasteiger partial charge in [0.25, 0.3) is 5.91 Å². The van der Waals surface area contributed by atoms with Crippen molar-refractivity contribution in [3.8, 4) is 0 Å². The maximum Gasteiger partial charge on any atom is 0.256 e. The van der Waals surface area contributed by atoms with Crippen LogP contribution in [0.1, 0.15) is 16.1 Å². The van der Waals surface area contributed by atoms with Crippen LogP contribution in [0.2, 0.25) is 0 Å². The van der Waals surface area contributed by atoms with Crippen LogP contribution in [0.25, 0.3) is 0 Å². The van der Waals surface area contributed by atoms with Crippen molar-refractivity contribution in [3.05, 3.63) is 41.0 Å². The average molecular weight is 288 g/mol. The molecule has 2 aromatic heterocycles. The topological polar surface area (TPSA) is 49.3 Å². The van der Waals surface area contributed by atoms with Gasteiger partial charge >= 0.3 is 0 Å². The SMILES string of the molecule is Cc1nscc1C(=O)N1CCN(c2ccccn2)CC1. The van der Waals surface area contributed by atoms with Gasteiger partial charge in [-0.2, -0.15) is 4.37 Å². The molecule has 0 unspecified atom stereocenters. The molecule has 3 heterocycles. The smallest absolute Gasteiger partial charge is 0.256 e. The van der Waals surface area contributed by atoms with E-state index in [1.54, 1.807) is 6.20 Å². The Bertz CT molecular complexity index is 590. The second kappa shape index (κ2) is 5.58. The minimum atomic E-state index is 0.0944. The van der Waals surface area contributed by atoms with E-state index >= 15 is 0 Å². The fourth-order valence-corrected chi connectivity index (χ4v) is 3.03. The number of amides is 1. The molecule has 0 saturated carbocycles. The van der Waals surface area contributed by atoms with Crippen LogP contribution in [0, 0.1) is 6.92 Å². The molecule has 1 amide bonds. The Morgan fingerprint density at radius 2 is 2.05 bits per heavy atom. The van der Waals surface area contributed by atoms with Crippen molar-refractivity contribution in [2.75, 3.05) is 31.1 Å². The molecule has 0 aliphatic carbocycles. The van der Waals surface area contributed by atoms with Crippen molar-refractivity contribution < 1.29 is 4.79 Å². The zero-order valence-corrected chi connectivity index (χ0v) is 12.1. The third-order valence-electron chi connectivity index (χ3n) is 3.52. The lowest BCUT2D eigenvalue weighted by molar-refractivity contribution is 0.0746. The van der Waals surface area contributed by atoms with E-state index in [0.29, 0.717) is 0 Å². The monoisotopic (exact) mass is 288 g/mol. The lowest BCUT2D eigenvalue weighted by atomic mass is 10.2. The first-order valence-corrected chi connectivity index (χ1v) is 7.45. The molecule has 0 spiro atoms. The minimum Gasteiger partial charge on any atom is -0.353 e. The Morgan fingerprint density at radius 3 is 2.65 bits per heavy atom. The fraction of sp³-hybridized carbons (Fsp3) is 0.357. The van der Waals surface area contributed by atoms with Crippen LogP contribution in [0.4, 0.5) is 5.82 Å². The molecule has 1 saturated heterocycles. The molecule has 20 heavy (non-hydrogen) atoms. The molecule has 104 valence electrons. The van der Waals surface area contributed by atoms with Gasteiger partial charge in [0.15, 0.2) is 0 Å². The molecule has 3 rings (SSSR count). The molecule has 5 nitrogen and oxygen atoms in total. The van der Waals surface area contributed by atoms with Gasteiger partial charge in [-0.1, -0.05) is 6.07 Å². The van der Waals surface area contributed by atoms with Gasteiger partial charge in [0.05, 0.1) is 11.3 Å². The second-order valence-electron chi connectivity index (χ2n) is 4.78. The summed E-state index contributed by atoms with van der Waals surface area (Å²) in [5, 5.41) is 1.84. The molecule has 0 bridgehead atoms. The fourth-order valence-electron chi connectivity index (χ4n) is 2.35. The number of carbonyl (C=O) groups excluding carboxylic acids is 1. The molecule has 0 radical (unpaired) electrons. The van der Waals surface area contributed by atoms with Gasteiger partial charge in [-0.05, 0) is 30.6 Å². The largest absolute Gasteiger partial charge is 0.353 e. The van der Waals surface area contributed by atoms with E-state index in [9.17, 15) is 4.79 Å². The highest BCUT2D eigenvalue weighted by Crippen LogP contribution is 2.16. The maximum atomic E-state index is 12.4. The van der Waals surface area contributed by atoms with Crippen molar-refractivity contribution >= 4 is 23.3 Å². The minimum absolute atomic E-state index is 0.0944. The highest BCUT2D eigenvalue weighted by Gasteiger charge is 2.24. The predicted octanol–water partition coefficient (Wildman–Crippen LogP) is 1.81. The van der Waals surface area contributed by atoms with Crippen LogP contribution in [-0.2, 0) is 0 Å². The molecule has 2 aromatic rings. The predicted molar refractivity (Wildman–Crippen MR) is 79.2 cm³/mol. The standard InChI is InChI=1S/C14H16N4OS/c1-11-12(10-20-16-11)14(19)18-8-6-17(7-9-18)13-4-2-3-5-15-13/h2-5,10H,6-9H2,1H3. The van der Waals surface area contributed by atoms with Crippen LogP contribution in [-0.4, -0.2) is 46.3 Å². The number of aryl methyl sites for hydroxylation is 1. The number of anilines is 1. The summed E-state index contributed by atoms with van der Waals surface area (Å²) in [4.78, 5) is 20.8. The number of rotatable bonds is 2. The number of aromatic nitrogens is 2. The van der Waals surface area contributed by atoms with Gasteiger partial charge in [0.1, 0.15) is 5.82 Å². The number of nitrogens with zero attached hydrogens (tertiary/aromatic N) is 4. The van der Waals surface area contributed by atoms with Crippen molar-refractivity contribution in [1.29, 1.82) is 0 Å². The summed E-state index contributed by atoms with van der Waals surface area (Å²) in [5.74, 6) is 1.07. The van der Waals surface area contributed by atoms with E-state index < -0.39 is 0 Å². The second-order valence-corrected chi connectivity index (χ2v) is 5.41. The van der Waals surface area contributed by atoms with E-state index in [-0.39, 0.29) is 5.91 Å². The molecular weight excluding hydrogens is 272 g/mol. The third kappa shape index (κ3) is 2.51. The van der Waals surface area contributed by atoms with E-state index in [1.807, 2.05) is 35.4 Å². The van der Waals surface area contributed by atoms with Crippen LogP contribution in [0.15, 0.2) is 29.8 Å². The molecule has 6 heteroatoms. The number of hydrogen-bond acceptors (Lipinski definition) is 5. The zero-order chi connectivity index (χ0) is 13.9. The molecule has 0 aromatic carbocycles. The summed E-state index contributed by atoms with van der Waals surface area (Å²) in [6.45, 7) is 4.97. The first-order chi connectivity index (χ1) is 9.75. The van der Waals surface area contributed by atoms with E-state index in [4.69, 9.17) is 0 Å². The van der Waals surface area contributed by atoms with Crippen LogP contribution >= 0.6 is 11.5 Å². The van der Waals surface area contributed by atoms with Crippen LogP contribution in [0.3, 0.4) is 0 Å². The van der Waals surface area contributed by atoms with E-state index in [2.05, 4.69) is 14.3 Å². The third-order valence-corrected chi connectivity index (χ3v) is 4.24. The first-order valence-electron chi connectivity index (χ1n) is 6.62. The quantitative estimate of drug-likeness (QED) is 0.845. The summed E-state index contributed by atoms with van der Waals surface area (Å²) in [5.41, 5.74) is 1.56. The van der Waals surface area contributed by atoms with Crippen LogP contribution < -0.4 is 4.90 Å². The van der Waals surface area contributed by atoms with Crippen molar-refractivity contribution in [2.45, 2.75) is 6.92 Å². The maximum absolute atomic E-state index is 12.4. The zero-order valence-electron chi connectivity index (χ0n) is 11.3. The Morgan fingerprint density at radius 1 is 1.25 bits per heavy atom. The highest BCUT2D eigenvalue weighted by molar-refractivity contribution is 7.03. The highest BCUT2D eigenvalue weighted by atomic mass is 32.1. The van der Waals surface area contributed by atoms with Gasteiger partial charge in [-0.25, -0.2) is 4.98 Å². The summed E-state index contributed by atoms with van der Waals surface area (Å²) in [6, 6.07) is 5.90. The lowest BCUT2D eigenvalue weighted by Gasteiger charge is -2.35. The Hall–Kier alpha value is -1.95.